The summed E-state index contributed by atoms with van der Waals surface area (Å²) in [6, 6.07) is 9.95. The third kappa shape index (κ3) is 3.53. The predicted octanol–water partition coefficient (Wildman–Crippen LogP) is 4.78. The van der Waals surface area contributed by atoms with Crippen LogP contribution in [0.4, 0.5) is 16.2 Å². The zero-order valence-electron chi connectivity index (χ0n) is 14.1. The first-order valence-corrected chi connectivity index (χ1v) is 8.22. The van der Waals surface area contributed by atoms with E-state index in [-0.39, 0.29) is 6.04 Å². The van der Waals surface area contributed by atoms with Gasteiger partial charge in [0.05, 0.1) is 5.52 Å². The van der Waals surface area contributed by atoms with Gasteiger partial charge in [-0.25, -0.2) is 9.59 Å². The molecule has 2 amide bonds. The lowest BCUT2D eigenvalue weighted by Gasteiger charge is -2.10. The Hall–Kier alpha value is -2.73. The highest BCUT2D eigenvalue weighted by molar-refractivity contribution is 6.31. The van der Waals surface area contributed by atoms with Crippen LogP contribution in [0.5, 0.6) is 0 Å². The standard InChI is InChI=1S/C18H18ClN3O3/c1-10(2)22-15-7-6-13(9-16(15)25-18(22)24)20-17(23)21-14-8-12(19)5-4-11(14)3/h4-10H,1-3H3,(H2,20,21,23). The average molecular weight is 360 g/mol. The lowest BCUT2D eigenvalue weighted by molar-refractivity contribution is 0.262. The van der Waals surface area contributed by atoms with E-state index in [1.807, 2.05) is 26.8 Å². The van der Waals surface area contributed by atoms with Crippen molar-refractivity contribution < 1.29 is 9.21 Å². The van der Waals surface area contributed by atoms with Crippen molar-refractivity contribution in [2.75, 3.05) is 10.6 Å². The first-order chi connectivity index (χ1) is 11.8. The van der Waals surface area contributed by atoms with E-state index in [4.69, 9.17) is 16.0 Å². The number of benzene rings is 2. The van der Waals surface area contributed by atoms with Crippen LogP contribution >= 0.6 is 11.6 Å². The fraction of sp³-hybridized carbons (Fsp3) is 0.222. The smallest absolute Gasteiger partial charge is 0.408 e. The van der Waals surface area contributed by atoms with Crippen molar-refractivity contribution in [1.82, 2.24) is 4.57 Å². The van der Waals surface area contributed by atoms with Gasteiger partial charge >= 0.3 is 11.8 Å². The molecule has 25 heavy (non-hydrogen) atoms. The Kier molecular flexibility index (Phi) is 4.55. The summed E-state index contributed by atoms with van der Waals surface area (Å²) in [4.78, 5) is 24.1. The van der Waals surface area contributed by atoms with E-state index in [1.165, 1.54) is 0 Å². The molecule has 1 heterocycles. The maximum absolute atomic E-state index is 12.2. The number of anilines is 2. The minimum atomic E-state index is -0.416. The molecule has 0 spiro atoms. The Morgan fingerprint density at radius 3 is 2.64 bits per heavy atom. The van der Waals surface area contributed by atoms with Crippen molar-refractivity contribution in [2.24, 2.45) is 0 Å². The summed E-state index contributed by atoms with van der Waals surface area (Å²) >= 11 is 5.95. The molecule has 2 N–H and O–H groups in total. The molecule has 7 heteroatoms. The molecule has 3 rings (SSSR count). The summed E-state index contributed by atoms with van der Waals surface area (Å²) in [7, 11) is 0. The summed E-state index contributed by atoms with van der Waals surface area (Å²) in [5, 5.41) is 6.01. The van der Waals surface area contributed by atoms with Crippen molar-refractivity contribution >= 4 is 40.1 Å². The number of fused-ring (bicyclic) bond motifs is 1. The second-order valence-electron chi connectivity index (χ2n) is 6.05. The van der Waals surface area contributed by atoms with Crippen LogP contribution < -0.4 is 16.4 Å². The second-order valence-corrected chi connectivity index (χ2v) is 6.49. The predicted molar refractivity (Wildman–Crippen MR) is 99.7 cm³/mol. The summed E-state index contributed by atoms with van der Waals surface area (Å²) in [6.07, 6.45) is 0. The molecule has 0 bridgehead atoms. The van der Waals surface area contributed by atoms with E-state index < -0.39 is 11.8 Å². The van der Waals surface area contributed by atoms with Crippen molar-refractivity contribution in [3.63, 3.8) is 0 Å². The van der Waals surface area contributed by atoms with E-state index in [1.54, 1.807) is 34.9 Å². The molecule has 0 unspecified atom stereocenters. The van der Waals surface area contributed by atoms with Gasteiger partial charge in [0.2, 0.25) is 0 Å². The van der Waals surface area contributed by atoms with Crippen LogP contribution in [0.15, 0.2) is 45.6 Å². The highest BCUT2D eigenvalue weighted by Crippen LogP contribution is 2.22. The van der Waals surface area contributed by atoms with E-state index in [2.05, 4.69) is 10.6 Å². The van der Waals surface area contributed by atoms with Gasteiger partial charge < -0.3 is 15.1 Å². The number of carbonyl (C=O) groups is 1. The van der Waals surface area contributed by atoms with Crippen LogP contribution in [0.25, 0.3) is 11.1 Å². The zero-order chi connectivity index (χ0) is 18.1. The molecule has 2 aromatic carbocycles. The molecule has 6 nitrogen and oxygen atoms in total. The Bertz CT molecular complexity index is 1000. The van der Waals surface area contributed by atoms with Crippen molar-refractivity contribution in [3.8, 4) is 0 Å². The molecule has 3 aromatic rings. The third-order valence-corrected chi connectivity index (χ3v) is 4.07. The zero-order valence-corrected chi connectivity index (χ0v) is 14.8. The minimum absolute atomic E-state index is 0.0123. The topological polar surface area (TPSA) is 76.3 Å². The van der Waals surface area contributed by atoms with Gasteiger partial charge in [-0.3, -0.25) is 4.57 Å². The Labute approximate surface area is 149 Å². The SMILES string of the molecule is Cc1ccc(Cl)cc1NC(=O)Nc1ccc2c(c1)oc(=O)n2C(C)C. The van der Waals surface area contributed by atoms with Gasteiger partial charge in [-0.05, 0) is 50.6 Å². The largest absolute Gasteiger partial charge is 0.420 e. The highest BCUT2D eigenvalue weighted by Gasteiger charge is 2.13. The maximum Gasteiger partial charge on any atom is 0.420 e. The number of oxazole rings is 1. The summed E-state index contributed by atoms with van der Waals surface area (Å²) in [5.74, 6) is -0.416. The number of halogens is 1. The van der Waals surface area contributed by atoms with Gasteiger partial charge in [0.25, 0.3) is 0 Å². The molecule has 0 atom stereocenters. The fourth-order valence-corrected chi connectivity index (χ4v) is 2.79. The van der Waals surface area contributed by atoms with Gasteiger partial charge in [0, 0.05) is 28.5 Å². The normalized spacial score (nSPS) is 11.1. The molecule has 0 saturated heterocycles. The van der Waals surface area contributed by atoms with Gasteiger partial charge in [-0.1, -0.05) is 17.7 Å². The number of aryl methyl sites for hydroxylation is 1. The van der Waals surface area contributed by atoms with Crippen molar-refractivity contribution in [3.05, 3.63) is 57.5 Å². The number of hydrogen-bond donors (Lipinski definition) is 2. The number of urea groups is 1. The molecular formula is C18H18ClN3O3. The molecule has 0 saturated carbocycles. The average Bonchev–Trinajstić information content (AvgIpc) is 2.86. The number of rotatable bonds is 3. The molecule has 0 aliphatic heterocycles. The van der Waals surface area contributed by atoms with Crippen LogP contribution in [0.3, 0.4) is 0 Å². The Morgan fingerprint density at radius 1 is 1.16 bits per heavy atom. The minimum Gasteiger partial charge on any atom is -0.408 e. The first kappa shape index (κ1) is 17.1. The Morgan fingerprint density at radius 2 is 1.92 bits per heavy atom. The molecule has 1 aromatic heterocycles. The molecule has 0 fully saturated rings. The van der Waals surface area contributed by atoms with E-state index in [0.717, 1.165) is 5.56 Å². The van der Waals surface area contributed by atoms with Gasteiger partial charge in [0.1, 0.15) is 0 Å². The Balaban J connectivity index is 1.82. The number of aromatic nitrogens is 1. The molecule has 130 valence electrons. The van der Waals surface area contributed by atoms with Gasteiger partial charge in [-0.15, -0.1) is 0 Å². The first-order valence-electron chi connectivity index (χ1n) is 7.84. The fourth-order valence-electron chi connectivity index (χ4n) is 2.62. The monoisotopic (exact) mass is 359 g/mol. The lowest BCUT2D eigenvalue weighted by atomic mass is 10.2. The van der Waals surface area contributed by atoms with Gasteiger partial charge in [0.15, 0.2) is 5.58 Å². The quantitative estimate of drug-likeness (QED) is 0.706. The molecule has 0 aliphatic carbocycles. The number of hydrogen-bond acceptors (Lipinski definition) is 3. The van der Waals surface area contributed by atoms with Crippen molar-refractivity contribution in [1.29, 1.82) is 0 Å². The lowest BCUT2D eigenvalue weighted by Crippen LogP contribution is -2.20. The maximum atomic E-state index is 12.2. The molecule has 0 radical (unpaired) electrons. The van der Waals surface area contributed by atoms with Crippen molar-refractivity contribution in [2.45, 2.75) is 26.8 Å². The molecule has 0 aliphatic rings. The van der Waals surface area contributed by atoms with E-state index >= 15 is 0 Å². The number of nitrogens with zero attached hydrogens (tertiary/aromatic N) is 1. The second kappa shape index (κ2) is 6.64. The van der Waals surface area contributed by atoms with Gasteiger partial charge in [-0.2, -0.15) is 0 Å². The summed E-state index contributed by atoms with van der Waals surface area (Å²) in [5.41, 5.74) is 3.17. The van der Waals surface area contributed by atoms with Crippen LogP contribution in [-0.2, 0) is 0 Å². The number of carbonyl (C=O) groups excluding carboxylic acids is 1. The van der Waals surface area contributed by atoms with Crippen LogP contribution in [0, 0.1) is 6.92 Å². The number of nitrogens with one attached hydrogen (secondary N) is 2. The highest BCUT2D eigenvalue weighted by atomic mass is 35.5. The third-order valence-electron chi connectivity index (χ3n) is 3.84. The van der Waals surface area contributed by atoms with Crippen LogP contribution in [0.2, 0.25) is 5.02 Å². The summed E-state index contributed by atoms with van der Waals surface area (Å²) < 4.78 is 6.82. The molecular weight excluding hydrogens is 342 g/mol. The number of amides is 2. The van der Waals surface area contributed by atoms with Crippen LogP contribution in [0.1, 0.15) is 25.5 Å². The van der Waals surface area contributed by atoms with E-state index in [9.17, 15) is 9.59 Å². The van der Waals surface area contributed by atoms with Crippen LogP contribution in [-0.4, -0.2) is 10.6 Å². The summed E-state index contributed by atoms with van der Waals surface area (Å²) in [6.45, 7) is 5.69. The van der Waals surface area contributed by atoms with E-state index in [0.29, 0.717) is 27.5 Å².